The second-order valence-electron chi connectivity index (χ2n) is 10.1. The van der Waals surface area contributed by atoms with Gasteiger partial charge in [0.05, 0.1) is 5.38 Å². The molecule has 2 unspecified atom stereocenters. The molecule has 1 aliphatic rings. The lowest BCUT2D eigenvalue weighted by Gasteiger charge is -2.26. The van der Waals surface area contributed by atoms with Crippen molar-refractivity contribution in [1.82, 2.24) is 4.90 Å². The maximum absolute atomic E-state index is 13.9. The number of halogens is 2. The fraction of sp³-hybridized carbons (Fsp3) is 0.312. The van der Waals surface area contributed by atoms with Gasteiger partial charge in [-0.15, -0.1) is 34.5 Å². The molecule has 1 aromatic heterocycles. The monoisotopic (exact) mass is 611 g/mol. The van der Waals surface area contributed by atoms with E-state index < -0.39 is 16.7 Å². The second kappa shape index (κ2) is 13.3. The van der Waals surface area contributed by atoms with Crippen LogP contribution in [0.1, 0.15) is 42.1 Å². The molecule has 0 aliphatic carbocycles. The Kier molecular flexibility index (Phi) is 9.50. The average Bonchev–Trinajstić information content (AvgIpc) is 3.36. The molecule has 0 saturated carbocycles. The van der Waals surface area contributed by atoms with E-state index in [9.17, 15) is 14.7 Å². The number of carbonyl (C=O) groups is 2. The van der Waals surface area contributed by atoms with Crippen molar-refractivity contribution in [3.63, 3.8) is 0 Å². The Morgan fingerprint density at radius 3 is 2.32 bits per heavy atom. The van der Waals surface area contributed by atoms with E-state index in [0.717, 1.165) is 45.9 Å². The van der Waals surface area contributed by atoms with Gasteiger partial charge < -0.3 is 14.6 Å². The number of piperidine rings is 1. The third-order valence-corrected chi connectivity index (χ3v) is 9.24. The van der Waals surface area contributed by atoms with Crippen molar-refractivity contribution in [3.8, 4) is 27.7 Å². The number of fused-ring (bicyclic) bond motifs is 1. The summed E-state index contributed by atoms with van der Waals surface area (Å²) < 4.78 is 12.1. The SMILES string of the molecule is CC(Cl)C(Cl)C(=O)Oc1ccc(-c2sc3cc(O)ccc3c2C(=O)c2ccc(OCCN3CCCCC3)cc2)cc1. The van der Waals surface area contributed by atoms with Crippen LogP contribution in [0, 0.1) is 0 Å². The quantitative estimate of drug-likeness (QED) is 0.0865. The lowest BCUT2D eigenvalue weighted by Crippen LogP contribution is -2.33. The molecule has 1 N–H and O–H groups in total. The van der Waals surface area contributed by atoms with Crippen LogP contribution in [-0.4, -0.2) is 58.8 Å². The summed E-state index contributed by atoms with van der Waals surface area (Å²) in [5, 5.41) is 9.29. The highest BCUT2D eigenvalue weighted by Crippen LogP contribution is 2.41. The van der Waals surface area contributed by atoms with Crippen LogP contribution < -0.4 is 9.47 Å². The summed E-state index contributed by atoms with van der Waals surface area (Å²) in [5.41, 5.74) is 1.86. The zero-order chi connectivity index (χ0) is 28.9. The fourth-order valence-electron chi connectivity index (χ4n) is 4.87. The minimum atomic E-state index is -0.970. The van der Waals surface area contributed by atoms with Crippen LogP contribution in [0.4, 0.5) is 0 Å². The van der Waals surface area contributed by atoms with E-state index in [1.165, 1.54) is 30.6 Å². The number of ketones is 1. The number of hydrogen-bond donors (Lipinski definition) is 1. The molecular formula is C32H31Cl2NO5S. The third kappa shape index (κ3) is 7.04. The smallest absolute Gasteiger partial charge is 0.330 e. The Morgan fingerprint density at radius 1 is 0.951 bits per heavy atom. The van der Waals surface area contributed by atoms with E-state index in [0.29, 0.717) is 23.5 Å². The first-order valence-electron chi connectivity index (χ1n) is 13.7. The Morgan fingerprint density at radius 2 is 1.63 bits per heavy atom. The van der Waals surface area contributed by atoms with Gasteiger partial charge in [0, 0.05) is 32.6 Å². The van der Waals surface area contributed by atoms with E-state index in [4.69, 9.17) is 32.7 Å². The number of rotatable bonds is 10. The molecule has 0 amide bonds. The fourth-order valence-corrected chi connectivity index (χ4v) is 6.26. The van der Waals surface area contributed by atoms with E-state index in [1.54, 1.807) is 61.5 Å². The van der Waals surface area contributed by atoms with E-state index in [1.807, 2.05) is 12.1 Å². The van der Waals surface area contributed by atoms with Gasteiger partial charge in [-0.25, -0.2) is 4.79 Å². The van der Waals surface area contributed by atoms with Crippen LogP contribution >= 0.6 is 34.5 Å². The van der Waals surface area contributed by atoms with E-state index in [-0.39, 0.29) is 11.5 Å². The second-order valence-corrected chi connectivity index (χ2v) is 12.3. The molecule has 2 heterocycles. The standard InChI is InChI=1S/C32H31Cl2NO5S/c1-20(33)29(34)32(38)40-25-12-7-22(8-13-25)31-28(26-14-9-23(36)19-27(26)41-31)30(37)21-5-10-24(11-6-21)39-18-17-35-15-3-2-4-16-35/h5-14,19-20,29,36H,2-4,15-18H2,1H3. The van der Waals surface area contributed by atoms with Crippen molar-refractivity contribution in [2.24, 2.45) is 0 Å². The number of thiophene rings is 1. The number of alkyl halides is 2. The summed E-state index contributed by atoms with van der Waals surface area (Å²) in [6.07, 6.45) is 3.80. The van der Waals surface area contributed by atoms with Gasteiger partial charge in [0.15, 0.2) is 5.78 Å². The van der Waals surface area contributed by atoms with Crippen molar-refractivity contribution < 1.29 is 24.2 Å². The number of aromatic hydroxyl groups is 1. The summed E-state index contributed by atoms with van der Waals surface area (Å²) in [7, 11) is 0. The Labute approximate surface area is 253 Å². The molecule has 6 nitrogen and oxygen atoms in total. The maximum Gasteiger partial charge on any atom is 0.330 e. The van der Waals surface area contributed by atoms with Crippen LogP contribution in [0.3, 0.4) is 0 Å². The molecule has 1 fully saturated rings. The number of ether oxygens (including phenoxy) is 2. The van der Waals surface area contributed by atoms with Crippen molar-refractivity contribution in [1.29, 1.82) is 0 Å². The molecule has 2 atom stereocenters. The Bertz CT molecular complexity index is 1510. The predicted octanol–water partition coefficient (Wildman–Crippen LogP) is 7.51. The molecule has 1 aliphatic heterocycles. The minimum Gasteiger partial charge on any atom is -0.508 e. The Hall–Kier alpha value is -3.10. The molecule has 4 aromatic rings. The molecule has 1 saturated heterocycles. The molecule has 0 spiro atoms. The van der Waals surface area contributed by atoms with Crippen molar-refractivity contribution in [2.45, 2.75) is 36.9 Å². The number of hydrogen-bond acceptors (Lipinski definition) is 7. The number of benzene rings is 3. The van der Waals surface area contributed by atoms with Gasteiger partial charge in [-0.05, 0) is 105 Å². The van der Waals surface area contributed by atoms with Crippen LogP contribution in [0.5, 0.6) is 17.2 Å². The zero-order valence-corrected chi connectivity index (χ0v) is 25.0. The van der Waals surface area contributed by atoms with Crippen LogP contribution in [0.2, 0.25) is 0 Å². The average molecular weight is 613 g/mol. The number of likely N-dealkylation sites (tertiary alicyclic amines) is 1. The van der Waals surface area contributed by atoms with Crippen molar-refractivity contribution >= 4 is 56.4 Å². The van der Waals surface area contributed by atoms with Gasteiger partial charge >= 0.3 is 5.97 Å². The topological polar surface area (TPSA) is 76.1 Å². The molecule has 214 valence electrons. The largest absolute Gasteiger partial charge is 0.508 e. The number of carbonyl (C=O) groups excluding carboxylic acids is 2. The summed E-state index contributed by atoms with van der Waals surface area (Å²) in [4.78, 5) is 29.3. The minimum absolute atomic E-state index is 0.127. The number of phenolic OH excluding ortho intramolecular Hbond substituents is 1. The highest BCUT2D eigenvalue weighted by atomic mass is 35.5. The Balaban J connectivity index is 1.36. The van der Waals surface area contributed by atoms with Gasteiger partial charge in [0.1, 0.15) is 29.2 Å². The van der Waals surface area contributed by atoms with Gasteiger partial charge in [0.25, 0.3) is 0 Å². The molecule has 3 aromatic carbocycles. The molecule has 0 bridgehead atoms. The highest BCUT2D eigenvalue weighted by molar-refractivity contribution is 7.22. The summed E-state index contributed by atoms with van der Waals surface area (Å²) in [5.74, 6) is 0.417. The first-order chi connectivity index (χ1) is 19.8. The maximum atomic E-state index is 13.9. The van der Waals surface area contributed by atoms with Crippen molar-refractivity contribution in [3.05, 3.63) is 77.9 Å². The van der Waals surface area contributed by atoms with Gasteiger partial charge in [-0.3, -0.25) is 9.69 Å². The van der Waals surface area contributed by atoms with Gasteiger partial charge in [-0.1, -0.05) is 6.42 Å². The first-order valence-corrected chi connectivity index (χ1v) is 15.3. The highest BCUT2D eigenvalue weighted by Gasteiger charge is 2.24. The zero-order valence-electron chi connectivity index (χ0n) is 22.6. The van der Waals surface area contributed by atoms with Crippen LogP contribution in [-0.2, 0) is 4.79 Å². The lowest BCUT2D eigenvalue weighted by molar-refractivity contribution is -0.133. The molecule has 5 rings (SSSR count). The normalized spacial score (nSPS) is 15.4. The number of nitrogens with zero attached hydrogens (tertiary/aromatic N) is 1. The van der Waals surface area contributed by atoms with Gasteiger partial charge in [-0.2, -0.15) is 0 Å². The lowest BCUT2D eigenvalue weighted by atomic mass is 9.97. The van der Waals surface area contributed by atoms with Crippen LogP contribution in [0.25, 0.3) is 20.5 Å². The predicted molar refractivity (Wildman–Crippen MR) is 165 cm³/mol. The summed E-state index contributed by atoms with van der Waals surface area (Å²) in [6, 6.07) is 19.1. The van der Waals surface area contributed by atoms with E-state index >= 15 is 0 Å². The molecule has 41 heavy (non-hydrogen) atoms. The van der Waals surface area contributed by atoms with Crippen molar-refractivity contribution in [2.75, 3.05) is 26.2 Å². The molecular weight excluding hydrogens is 581 g/mol. The third-order valence-electron chi connectivity index (χ3n) is 7.11. The number of esters is 1. The molecule has 0 radical (unpaired) electrons. The van der Waals surface area contributed by atoms with Gasteiger partial charge in [0.2, 0.25) is 0 Å². The number of phenols is 1. The van der Waals surface area contributed by atoms with Crippen LogP contribution in [0.15, 0.2) is 66.7 Å². The first kappa shape index (κ1) is 29.4. The summed E-state index contributed by atoms with van der Waals surface area (Å²) >= 11 is 13.3. The summed E-state index contributed by atoms with van der Waals surface area (Å²) in [6.45, 7) is 5.38. The van der Waals surface area contributed by atoms with E-state index in [2.05, 4.69) is 4.90 Å². The molecule has 9 heteroatoms.